The SMILES string of the molecule is CCC(CC)COc1ccc(-c2nc(C)c(C(=O)O)s2)cc1C#N. The topological polar surface area (TPSA) is 83.2 Å². The van der Waals surface area contributed by atoms with Gasteiger partial charge in [-0.05, 0) is 31.0 Å². The molecule has 126 valence electrons. The van der Waals surface area contributed by atoms with Crippen molar-refractivity contribution in [3.05, 3.63) is 34.3 Å². The molecule has 0 aliphatic heterocycles. The molecule has 0 aliphatic carbocycles. The summed E-state index contributed by atoms with van der Waals surface area (Å²) in [4.78, 5) is 15.7. The minimum atomic E-state index is -0.984. The molecule has 1 N–H and O–H groups in total. The van der Waals surface area contributed by atoms with Crippen molar-refractivity contribution in [3.8, 4) is 22.4 Å². The molecule has 0 spiro atoms. The van der Waals surface area contributed by atoms with Crippen LogP contribution in [0.3, 0.4) is 0 Å². The molecule has 1 heterocycles. The van der Waals surface area contributed by atoms with Gasteiger partial charge in [0.05, 0.1) is 17.9 Å². The Hall–Kier alpha value is -2.39. The molecule has 0 unspecified atom stereocenters. The van der Waals surface area contributed by atoms with E-state index in [0.717, 1.165) is 29.7 Å². The number of nitriles is 1. The third-order valence-corrected chi connectivity index (χ3v) is 5.16. The fourth-order valence-electron chi connectivity index (χ4n) is 2.33. The highest BCUT2D eigenvalue weighted by Gasteiger charge is 2.16. The number of hydrogen-bond donors (Lipinski definition) is 1. The van der Waals surface area contributed by atoms with E-state index < -0.39 is 5.97 Å². The normalized spacial score (nSPS) is 10.6. The highest BCUT2D eigenvalue weighted by molar-refractivity contribution is 7.17. The summed E-state index contributed by atoms with van der Waals surface area (Å²) in [5.41, 5.74) is 1.64. The predicted molar refractivity (Wildman–Crippen MR) is 93.5 cm³/mol. The van der Waals surface area contributed by atoms with Crippen molar-refractivity contribution in [2.75, 3.05) is 6.61 Å². The van der Waals surface area contributed by atoms with Crippen LogP contribution >= 0.6 is 11.3 Å². The Kier molecular flexibility index (Phi) is 5.93. The Bertz CT molecular complexity index is 773. The average Bonchev–Trinajstić information content (AvgIpc) is 2.98. The maximum absolute atomic E-state index is 11.1. The highest BCUT2D eigenvalue weighted by Crippen LogP contribution is 2.31. The first-order valence-corrected chi connectivity index (χ1v) is 8.69. The van der Waals surface area contributed by atoms with Gasteiger partial charge in [-0.3, -0.25) is 0 Å². The van der Waals surface area contributed by atoms with E-state index in [1.165, 1.54) is 0 Å². The number of carboxylic acid groups (broad SMARTS) is 1. The first-order chi connectivity index (χ1) is 11.5. The van der Waals surface area contributed by atoms with Crippen molar-refractivity contribution in [3.63, 3.8) is 0 Å². The van der Waals surface area contributed by atoms with Gasteiger partial charge in [-0.1, -0.05) is 26.7 Å². The zero-order valence-electron chi connectivity index (χ0n) is 14.0. The predicted octanol–water partition coefficient (Wildman–Crippen LogP) is 4.50. The minimum absolute atomic E-state index is 0.220. The number of benzene rings is 1. The van der Waals surface area contributed by atoms with Crippen molar-refractivity contribution in [2.45, 2.75) is 33.6 Å². The van der Waals surface area contributed by atoms with E-state index in [1.807, 2.05) is 6.07 Å². The Morgan fingerprint density at radius 3 is 2.67 bits per heavy atom. The lowest BCUT2D eigenvalue weighted by Gasteiger charge is -2.14. The maximum atomic E-state index is 11.1. The molecule has 0 saturated heterocycles. The quantitative estimate of drug-likeness (QED) is 0.799. The molecule has 1 aromatic heterocycles. The summed E-state index contributed by atoms with van der Waals surface area (Å²) in [5, 5.41) is 19.1. The van der Waals surface area contributed by atoms with E-state index in [-0.39, 0.29) is 4.88 Å². The summed E-state index contributed by atoms with van der Waals surface area (Å²) in [6.07, 6.45) is 2.07. The summed E-state index contributed by atoms with van der Waals surface area (Å²) >= 11 is 1.11. The molecular formula is C18H20N2O3S. The lowest BCUT2D eigenvalue weighted by atomic mass is 10.1. The van der Waals surface area contributed by atoms with Crippen LogP contribution in [-0.4, -0.2) is 22.7 Å². The number of hydrogen-bond acceptors (Lipinski definition) is 5. The number of ether oxygens (including phenoxy) is 1. The number of carboxylic acids is 1. The molecule has 0 atom stereocenters. The van der Waals surface area contributed by atoms with Crippen molar-refractivity contribution < 1.29 is 14.6 Å². The fourth-order valence-corrected chi connectivity index (χ4v) is 3.23. The third-order valence-electron chi connectivity index (χ3n) is 3.97. The molecule has 0 radical (unpaired) electrons. The Morgan fingerprint density at radius 1 is 1.42 bits per heavy atom. The molecule has 0 aliphatic rings. The van der Waals surface area contributed by atoms with Crippen molar-refractivity contribution in [1.29, 1.82) is 5.26 Å². The van der Waals surface area contributed by atoms with Crippen LogP contribution in [0.4, 0.5) is 0 Å². The molecule has 2 aromatic rings. The number of aryl methyl sites for hydroxylation is 1. The van der Waals surface area contributed by atoms with E-state index in [2.05, 4.69) is 24.9 Å². The van der Waals surface area contributed by atoms with Gasteiger partial charge in [-0.15, -0.1) is 11.3 Å². The van der Waals surface area contributed by atoms with E-state index >= 15 is 0 Å². The highest BCUT2D eigenvalue weighted by atomic mass is 32.1. The molecule has 6 heteroatoms. The van der Waals surface area contributed by atoms with Gasteiger partial charge < -0.3 is 9.84 Å². The molecular weight excluding hydrogens is 324 g/mol. The third kappa shape index (κ3) is 3.92. The Morgan fingerprint density at radius 2 is 2.12 bits per heavy atom. The summed E-state index contributed by atoms with van der Waals surface area (Å²) < 4.78 is 5.80. The second-order valence-electron chi connectivity index (χ2n) is 5.55. The molecule has 5 nitrogen and oxygen atoms in total. The Labute approximate surface area is 145 Å². The van der Waals surface area contributed by atoms with E-state index in [0.29, 0.717) is 34.5 Å². The van der Waals surface area contributed by atoms with Gasteiger partial charge in [0.1, 0.15) is 21.7 Å². The van der Waals surface area contributed by atoms with Gasteiger partial charge in [0.2, 0.25) is 0 Å². The van der Waals surface area contributed by atoms with Gasteiger partial charge in [0, 0.05) is 5.56 Å². The molecule has 0 bridgehead atoms. The minimum Gasteiger partial charge on any atom is -0.492 e. The van der Waals surface area contributed by atoms with Gasteiger partial charge in [0.15, 0.2) is 0 Å². The number of nitrogens with zero attached hydrogens (tertiary/aromatic N) is 2. The summed E-state index contributed by atoms with van der Waals surface area (Å²) in [5.74, 6) is 0.0396. The van der Waals surface area contributed by atoms with Crippen LogP contribution in [0.25, 0.3) is 10.6 Å². The molecule has 0 amide bonds. The zero-order valence-corrected chi connectivity index (χ0v) is 14.8. The summed E-state index contributed by atoms with van der Waals surface area (Å²) in [6, 6.07) is 7.42. The Balaban J connectivity index is 2.27. The first-order valence-electron chi connectivity index (χ1n) is 7.88. The number of carbonyl (C=O) groups is 1. The summed E-state index contributed by atoms with van der Waals surface area (Å²) in [7, 11) is 0. The standard InChI is InChI=1S/C18H20N2O3S/c1-4-12(5-2)10-23-15-7-6-13(8-14(15)9-19)17-20-11(3)16(24-17)18(21)22/h6-8,12H,4-5,10H2,1-3H3,(H,21,22). The lowest BCUT2D eigenvalue weighted by molar-refractivity contribution is 0.0701. The van der Waals surface area contributed by atoms with Gasteiger partial charge in [-0.25, -0.2) is 9.78 Å². The van der Waals surface area contributed by atoms with Crippen LogP contribution in [0.2, 0.25) is 0 Å². The molecule has 0 saturated carbocycles. The molecule has 0 fully saturated rings. The monoisotopic (exact) mass is 344 g/mol. The second-order valence-corrected chi connectivity index (χ2v) is 6.55. The average molecular weight is 344 g/mol. The van der Waals surface area contributed by atoms with Gasteiger partial charge in [0.25, 0.3) is 0 Å². The van der Waals surface area contributed by atoms with Crippen LogP contribution in [0.5, 0.6) is 5.75 Å². The lowest BCUT2D eigenvalue weighted by Crippen LogP contribution is -2.10. The van der Waals surface area contributed by atoms with E-state index in [1.54, 1.807) is 19.1 Å². The fraction of sp³-hybridized carbons (Fsp3) is 0.389. The maximum Gasteiger partial charge on any atom is 0.347 e. The van der Waals surface area contributed by atoms with E-state index in [9.17, 15) is 10.1 Å². The zero-order chi connectivity index (χ0) is 17.7. The first kappa shape index (κ1) is 18.0. The van der Waals surface area contributed by atoms with Crippen LogP contribution < -0.4 is 4.74 Å². The van der Waals surface area contributed by atoms with Gasteiger partial charge in [-0.2, -0.15) is 5.26 Å². The number of aromatic carboxylic acids is 1. The second kappa shape index (κ2) is 7.93. The van der Waals surface area contributed by atoms with Gasteiger partial charge >= 0.3 is 5.97 Å². The number of thiazole rings is 1. The van der Waals surface area contributed by atoms with Crippen molar-refractivity contribution in [1.82, 2.24) is 4.98 Å². The summed E-state index contributed by atoms with van der Waals surface area (Å²) in [6.45, 7) is 6.50. The molecule has 2 rings (SSSR count). The number of rotatable bonds is 7. The van der Waals surface area contributed by atoms with Crippen LogP contribution in [-0.2, 0) is 0 Å². The smallest absolute Gasteiger partial charge is 0.347 e. The van der Waals surface area contributed by atoms with Crippen molar-refractivity contribution >= 4 is 17.3 Å². The van der Waals surface area contributed by atoms with Crippen LogP contribution in [0, 0.1) is 24.2 Å². The molecule has 24 heavy (non-hydrogen) atoms. The van der Waals surface area contributed by atoms with Crippen LogP contribution in [0.15, 0.2) is 18.2 Å². The van der Waals surface area contributed by atoms with Crippen molar-refractivity contribution in [2.24, 2.45) is 5.92 Å². The van der Waals surface area contributed by atoms with E-state index in [4.69, 9.17) is 9.84 Å². The molecule has 1 aromatic carbocycles. The number of aromatic nitrogens is 1. The van der Waals surface area contributed by atoms with Crippen LogP contribution in [0.1, 0.15) is 47.6 Å². The largest absolute Gasteiger partial charge is 0.492 e.